The molecule has 4 aromatic rings. The first kappa shape index (κ1) is 22.5. The van der Waals surface area contributed by atoms with Crippen LogP contribution in [0.3, 0.4) is 0 Å². The van der Waals surface area contributed by atoms with Crippen molar-refractivity contribution in [2.75, 3.05) is 0 Å². The lowest BCUT2D eigenvalue weighted by Crippen LogP contribution is -2.11. The van der Waals surface area contributed by atoms with Crippen LogP contribution < -0.4 is 5.14 Å². The van der Waals surface area contributed by atoms with Crippen molar-refractivity contribution in [2.24, 2.45) is 5.14 Å². The number of halogens is 4. The molecule has 164 valence electrons. The van der Waals surface area contributed by atoms with Crippen molar-refractivity contribution in [1.29, 1.82) is 0 Å². The highest BCUT2D eigenvalue weighted by Gasteiger charge is 2.40. The number of hydrogen-bond acceptors (Lipinski definition) is 3. The topological polar surface area (TPSA) is 78.0 Å². The highest BCUT2D eigenvalue weighted by molar-refractivity contribution is 14.1. The molecule has 0 amide bonds. The Morgan fingerprint density at radius 1 is 0.844 bits per heavy atom. The zero-order chi connectivity index (χ0) is 23.1. The fraction of sp³-hybridized carbons (Fsp3) is 0.0455. The Morgan fingerprint density at radius 2 is 1.41 bits per heavy atom. The van der Waals surface area contributed by atoms with Crippen molar-refractivity contribution in [3.8, 4) is 28.1 Å². The van der Waals surface area contributed by atoms with Crippen LogP contribution in [0.4, 0.5) is 13.2 Å². The summed E-state index contributed by atoms with van der Waals surface area (Å²) in [6, 6.07) is 20.4. The number of sulfonamides is 1. The summed E-state index contributed by atoms with van der Waals surface area (Å²) in [6.07, 6.45) is -4.71. The first-order valence-electron chi connectivity index (χ1n) is 9.20. The molecule has 5 nitrogen and oxygen atoms in total. The summed E-state index contributed by atoms with van der Waals surface area (Å²) in [5.41, 5.74) is 0.184. The summed E-state index contributed by atoms with van der Waals surface area (Å²) >= 11 is 2.07. The van der Waals surface area contributed by atoms with E-state index >= 15 is 0 Å². The van der Waals surface area contributed by atoms with Crippen LogP contribution in [0.5, 0.6) is 0 Å². The third kappa shape index (κ3) is 4.43. The Labute approximate surface area is 195 Å². The molecule has 0 fully saturated rings. The predicted octanol–water partition coefficient (Wildman–Crippen LogP) is 5.48. The molecular formula is C22H15F3IN3O2S. The van der Waals surface area contributed by atoms with Crippen molar-refractivity contribution in [1.82, 2.24) is 9.78 Å². The molecule has 0 saturated heterocycles. The van der Waals surface area contributed by atoms with E-state index in [1.165, 1.54) is 28.9 Å². The second-order valence-electron chi connectivity index (χ2n) is 6.89. The minimum Gasteiger partial charge on any atom is -0.232 e. The second-order valence-corrected chi connectivity index (χ2v) is 9.70. The van der Waals surface area contributed by atoms with E-state index in [9.17, 15) is 21.6 Å². The quantitative estimate of drug-likeness (QED) is 0.331. The molecule has 0 atom stereocenters. The Balaban J connectivity index is 2.07. The monoisotopic (exact) mass is 569 g/mol. The van der Waals surface area contributed by atoms with Gasteiger partial charge >= 0.3 is 6.18 Å². The van der Waals surface area contributed by atoms with Gasteiger partial charge in [0.25, 0.3) is 0 Å². The molecule has 0 spiro atoms. The van der Waals surface area contributed by atoms with Gasteiger partial charge in [-0.15, -0.1) is 0 Å². The smallest absolute Gasteiger partial charge is 0.232 e. The number of primary sulfonamides is 1. The van der Waals surface area contributed by atoms with Crippen molar-refractivity contribution >= 4 is 32.6 Å². The molecular weight excluding hydrogens is 554 g/mol. The summed E-state index contributed by atoms with van der Waals surface area (Å²) in [5.74, 6) is 0. The maximum atomic E-state index is 14.1. The zero-order valence-electron chi connectivity index (χ0n) is 16.2. The average molecular weight is 569 g/mol. The summed E-state index contributed by atoms with van der Waals surface area (Å²) in [6.45, 7) is 0. The molecule has 0 bridgehead atoms. The normalized spacial score (nSPS) is 12.2. The average Bonchev–Trinajstić information content (AvgIpc) is 3.15. The van der Waals surface area contributed by atoms with Gasteiger partial charge < -0.3 is 0 Å². The third-order valence-corrected chi connectivity index (χ3v) is 6.39. The minimum absolute atomic E-state index is 0.0962. The molecule has 0 unspecified atom stereocenters. The highest BCUT2D eigenvalue weighted by Crippen LogP contribution is 2.43. The number of nitrogens with two attached hydrogens (primary N) is 1. The summed E-state index contributed by atoms with van der Waals surface area (Å²) in [7, 11) is -3.95. The number of benzene rings is 3. The molecule has 3 aromatic carbocycles. The summed E-state index contributed by atoms with van der Waals surface area (Å²) in [4.78, 5) is -0.140. The van der Waals surface area contributed by atoms with Gasteiger partial charge in [0.2, 0.25) is 10.0 Å². The number of rotatable bonds is 4. The number of aromatic nitrogens is 2. The maximum absolute atomic E-state index is 14.1. The van der Waals surface area contributed by atoms with Gasteiger partial charge in [0.1, 0.15) is 0 Å². The van der Waals surface area contributed by atoms with Gasteiger partial charge in [-0.25, -0.2) is 18.2 Å². The van der Waals surface area contributed by atoms with Crippen LogP contribution in [0.1, 0.15) is 5.69 Å². The summed E-state index contributed by atoms with van der Waals surface area (Å²) < 4.78 is 67.6. The summed E-state index contributed by atoms with van der Waals surface area (Å²) in [5, 5.41) is 9.11. The molecule has 0 radical (unpaired) electrons. The number of nitrogens with zero attached hydrogens (tertiary/aromatic N) is 2. The van der Waals surface area contributed by atoms with E-state index in [0.717, 1.165) is 3.57 Å². The lowest BCUT2D eigenvalue weighted by Gasteiger charge is -2.12. The maximum Gasteiger partial charge on any atom is 0.435 e. The Morgan fingerprint density at radius 3 is 1.94 bits per heavy atom. The van der Waals surface area contributed by atoms with E-state index in [0.29, 0.717) is 16.8 Å². The predicted molar refractivity (Wildman–Crippen MR) is 124 cm³/mol. The molecule has 10 heteroatoms. The molecule has 2 N–H and O–H groups in total. The molecule has 4 rings (SSSR count). The van der Waals surface area contributed by atoms with Crippen LogP contribution in [0.2, 0.25) is 0 Å². The molecule has 1 aromatic heterocycles. The molecule has 0 aliphatic carbocycles. The van der Waals surface area contributed by atoms with Gasteiger partial charge in [0, 0.05) is 14.7 Å². The molecule has 0 saturated carbocycles. The van der Waals surface area contributed by atoms with E-state index in [-0.39, 0.29) is 16.2 Å². The number of hydrogen-bond donors (Lipinski definition) is 1. The molecule has 1 heterocycles. The molecule has 0 aliphatic heterocycles. The Kier molecular flexibility index (Phi) is 5.86. The SMILES string of the molecule is NS(=O)(=O)c1ccc(-c2c(-c3ccc(I)cc3)c(C(F)(F)F)nn2-c2ccccc2)cc1. The van der Waals surface area contributed by atoms with E-state index in [1.807, 2.05) is 0 Å². The van der Waals surface area contributed by atoms with Crippen molar-refractivity contribution in [3.05, 3.63) is 88.1 Å². The second kappa shape index (κ2) is 8.34. The lowest BCUT2D eigenvalue weighted by molar-refractivity contribution is -0.140. The van der Waals surface area contributed by atoms with Crippen molar-refractivity contribution in [3.63, 3.8) is 0 Å². The van der Waals surface area contributed by atoms with Gasteiger partial charge in [-0.05, 0) is 64.6 Å². The van der Waals surface area contributed by atoms with Crippen molar-refractivity contribution in [2.45, 2.75) is 11.1 Å². The van der Waals surface area contributed by atoms with Gasteiger partial charge in [0.05, 0.1) is 16.3 Å². The first-order valence-corrected chi connectivity index (χ1v) is 11.8. The van der Waals surface area contributed by atoms with Crippen LogP contribution in [-0.4, -0.2) is 18.2 Å². The molecule has 32 heavy (non-hydrogen) atoms. The number of para-hydroxylation sites is 1. The third-order valence-electron chi connectivity index (χ3n) is 4.74. The Bertz CT molecular complexity index is 1370. The van der Waals surface area contributed by atoms with Crippen LogP contribution in [-0.2, 0) is 16.2 Å². The van der Waals surface area contributed by atoms with Gasteiger partial charge in [0.15, 0.2) is 5.69 Å². The van der Waals surface area contributed by atoms with Crippen LogP contribution in [0.15, 0.2) is 83.8 Å². The zero-order valence-corrected chi connectivity index (χ0v) is 19.2. The molecule has 0 aliphatic rings. The van der Waals surface area contributed by atoms with Gasteiger partial charge in [-0.3, -0.25) is 0 Å². The van der Waals surface area contributed by atoms with E-state index in [4.69, 9.17) is 5.14 Å². The van der Waals surface area contributed by atoms with Gasteiger partial charge in [-0.1, -0.05) is 42.5 Å². The van der Waals surface area contributed by atoms with Crippen LogP contribution >= 0.6 is 22.6 Å². The van der Waals surface area contributed by atoms with Crippen LogP contribution in [0, 0.1) is 3.57 Å². The van der Waals surface area contributed by atoms with Gasteiger partial charge in [-0.2, -0.15) is 18.3 Å². The Hall–Kier alpha value is -2.70. The van der Waals surface area contributed by atoms with E-state index < -0.39 is 21.9 Å². The van der Waals surface area contributed by atoms with E-state index in [2.05, 4.69) is 27.7 Å². The van der Waals surface area contributed by atoms with Crippen LogP contribution in [0.25, 0.3) is 28.1 Å². The minimum atomic E-state index is -4.71. The van der Waals surface area contributed by atoms with E-state index in [1.54, 1.807) is 54.6 Å². The number of alkyl halides is 3. The lowest BCUT2D eigenvalue weighted by atomic mass is 9.98. The fourth-order valence-corrected chi connectivity index (χ4v) is 4.21. The largest absolute Gasteiger partial charge is 0.435 e. The van der Waals surface area contributed by atoms with Crippen molar-refractivity contribution < 1.29 is 21.6 Å². The first-order chi connectivity index (χ1) is 15.1. The fourth-order valence-electron chi connectivity index (χ4n) is 3.33. The standard InChI is InChI=1S/C22H15F3IN3O2S/c23-22(24,25)21-19(14-6-10-16(26)11-7-14)20(29(28-21)17-4-2-1-3-5-17)15-8-12-18(13-9-15)32(27,30)31/h1-13H,(H2,27,30,31). The highest BCUT2D eigenvalue weighted by atomic mass is 127.